The summed E-state index contributed by atoms with van der Waals surface area (Å²) in [4.78, 5) is 16.4. The van der Waals surface area contributed by atoms with Gasteiger partial charge in [0.1, 0.15) is 10.4 Å². The third kappa shape index (κ3) is 3.43. The molecule has 1 amide bonds. The fourth-order valence-corrected chi connectivity index (χ4v) is 2.42. The number of nitrogens with zero attached hydrogens (tertiary/aromatic N) is 3. The second kappa shape index (κ2) is 6.79. The minimum atomic E-state index is -0.405. The van der Waals surface area contributed by atoms with Crippen molar-refractivity contribution in [2.45, 2.75) is 0 Å². The van der Waals surface area contributed by atoms with Gasteiger partial charge >= 0.3 is 0 Å². The lowest BCUT2D eigenvalue weighted by atomic mass is 10.3. The molecule has 0 bridgehead atoms. The van der Waals surface area contributed by atoms with Crippen molar-refractivity contribution in [1.29, 1.82) is 0 Å². The van der Waals surface area contributed by atoms with Crippen molar-refractivity contribution in [2.24, 2.45) is 0 Å². The summed E-state index contributed by atoms with van der Waals surface area (Å²) in [6.07, 6.45) is 1.59. The second-order valence-corrected chi connectivity index (χ2v) is 5.52. The molecule has 2 aromatic heterocycles. The Morgan fingerprint density at radius 1 is 1.29 bits per heavy atom. The molecule has 24 heavy (non-hydrogen) atoms. The molecule has 122 valence electrons. The summed E-state index contributed by atoms with van der Waals surface area (Å²) in [6, 6.07) is 10.8. The summed E-state index contributed by atoms with van der Waals surface area (Å²) in [5.74, 6) is -0.352. The van der Waals surface area contributed by atoms with E-state index in [1.807, 2.05) is 0 Å². The fourth-order valence-electron chi connectivity index (χ4n) is 2.02. The predicted molar refractivity (Wildman–Crippen MR) is 90.0 cm³/mol. The van der Waals surface area contributed by atoms with Crippen LogP contribution >= 0.6 is 15.9 Å². The van der Waals surface area contributed by atoms with Gasteiger partial charge in [-0.2, -0.15) is 5.10 Å². The molecule has 3 rings (SSSR count). The number of nitrogens with one attached hydrogen (secondary N) is 1. The Kier molecular flexibility index (Phi) is 4.57. The van der Waals surface area contributed by atoms with E-state index in [9.17, 15) is 9.18 Å². The van der Waals surface area contributed by atoms with E-state index in [-0.39, 0.29) is 11.5 Å². The molecular formula is C16H12BrFN4O2. The highest BCUT2D eigenvalue weighted by molar-refractivity contribution is 9.10. The van der Waals surface area contributed by atoms with Crippen molar-refractivity contribution in [2.75, 3.05) is 12.4 Å². The maximum Gasteiger partial charge on any atom is 0.276 e. The zero-order valence-corrected chi connectivity index (χ0v) is 14.1. The third-order valence-electron chi connectivity index (χ3n) is 3.17. The molecule has 0 unspecified atom stereocenters. The van der Waals surface area contributed by atoms with E-state index >= 15 is 0 Å². The minimum Gasteiger partial charge on any atom is -0.481 e. The van der Waals surface area contributed by atoms with Gasteiger partial charge in [-0.05, 0) is 46.3 Å². The molecule has 0 aliphatic heterocycles. The van der Waals surface area contributed by atoms with Crippen LogP contribution in [0.15, 0.2) is 53.3 Å². The number of methoxy groups -OCH3 is 1. The summed E-state index contributed by atoms with van der Waals surface area (Å²) < 4.78 is 20.1. The number of carbonyl (C=O) groups is 1. The second-order valence-electron chi connectivity index (χ2n) is 4.77. The first-order valence-electron chi connectivity index (χ1n) is 6.90. The van der Waals surface area contributed by atoms with Crippen LogP contribution in [0.25, 0.3) is 5.69 Å². The molecule has 0 spiro atoms. The van der Waals surface area contributed by atoms with Crippen LogP contribution in [-0.4, -0.2) is 27.8 Å². The molecule has 0 saturated carbocycles. The summed E-state index contributed by atoms with van der Waals surface area (Å²) in [5.41, 5.74) is 1.21. The highest BCUT2D eigenvalue weighted by Crippen LogP contribution is 2.23. The van der Waals surface area contributed by atoms with Crippen LogP contribution in [0.4, 0.5) is 10.1 Å². The number of hydrogen-bond acceptors (Lipinski definition) is 4. The standard InChI is InChI=1S/C16H12BrFN4O2/c1-24-14-6-5-12(15(17)20-14)19-16(23)13-7-8-22(21-13)11-4-2-3-10(18)9-11/h2-9H,1H3,(H,19,23). The highest BCUT2D eigenvalue weighted by atomic mass is 79.9. The molecule has 1 N–H and O–H groups in total. The van der Waals surface area contributed by atoms with Crippen molar-refractivity contribution < 1.29 is 13.9 Å². The van der Waals surface area contributed by atoms with Gasteiger partial charge in [-0.3, -0.25) is 4.79 Å². The Morgan fingerprint density at radius 2 is 2.12 bits per heavy atom. The molecule has 0 saturated heterocycles. The predicted octanol–water partition coefficient (Wildman–Crippen LogP) is 3.43. The maximum atomic E-state index is 13.3. The van der Waals surface area contributed by atoms with Crippen molar-refractivity contribution in [1.82, 2.24) is 14.8 Å². The molecule has 0 radical (unpaired) electrons. The molecule has 1 aromatic carbocycles. The summed E-state index contributed by atoms with van der Waals surface area (Å²) >= 11 is 3.27. The van der Waals surface area contributed by atoms with Crippen LogP contribution in [0.5, 0.6) is 5.88 Å². The van der Waals surface area contributed by atoms with Gasteiger partial charge in [0.05, 0.1) is 18.5 Å². The molecule has 0 atom stereocenters. The van der Waals surface area contributed by atoms with E-state index in [4.69, 9.17) is 4.74 Å². The van der Waals surface area contributed by atoms with Gasteiger partial charge in [0.15, 0.2) is 5.69 Å². The summed E-state index contributed by atoms with van der Waals surface area (Å²) in [6.45, 7) is 0. The van der Waals surface area contributed by atoms with Gasteiger partial charge in [0, 0.05) is 12.3 Å². The fraction of sp³-hybridized carbons (Fsp3) is 0.0625. The van der Waals surface area contributed by atoms with Crippen LogP contribution in [0, 0.1) is 5.82 Å². The Labute approximate surface area is 145 Å². The van der Waals surface area contributed by atoms with Crippen LogP contribution in [0.3, 0.4) is 0 Å². The van der Waals surface area contributed by atoms with Crippen molar-refractivity contribution in [3.63, 3.8) is 0 Å². The Hall–Kier alpha value is -2.74. The van der Waals surface area contributed by atoms with Crippen molar-refractivity contribution >= 4 is 27.5 Å². The average molecular weight is 391 g/mol. The number of ether oxygens (including phenoxy) is 1. The number of aromatic nitrogens is 3. The quantitative estimate of drug-likeness (QED) is 0.692. The number of hydrogen-bond donors (Lipinski definition) is 1. The van der Waals surface area contributed by atoms with Gasteiger partial charge in [-0.25, -0.2) is 14.1 Å². The first-order chi connectivity index (χ1) is 11.6. The van der Waals surface area contributed by atoms with Crippen molar-refractivity contribution in [3.05, 3.63) is 64.8 Å². The van der Waals surface area contributed by atoms with Crippen molar-refractivity contribution in [3.8, 4) is 11.6 Å². The number of anilines is 1. The Balaban J connectivity index is 1.79. The van der Waals surface area contributed by atoms with E-state index < -0.39 is 5.91 Å². The summed E-state index contributed by atoms with van der Waals surface area (Å²) in [7, 11) is 1.51. The molecular weight excluding hydrogens is 379 g/mol. The number of rotatable bonds is 4. The largest absolute Gasteiger partial charge is 0.481 e. The highest BCUT2D eigenvalue weighted by Gasteiger charge is 2.13. The number of amides is 1. The van der Waals surface area contributed by atoms with Crippen LogP contribution in [0.2, 0.25) is 0 Å². The SMILES string of the molecule is COc1ccc(NC(=O)c2ccn(-c3cccc(F)c3)n2)c(Br)n1. The molecule has 0 fully saturated rings. The number of pyridine rings is 1. The molecule has 2 heterocycles. The van der Waals surface area contributed by atoms with E-state index in [0.717, 1.165) is 0 Å². The zero-order valence-electron chi connectivity index (χ0n) is 12.5. The molecule has 6 nitrogen and oxygen atoms in total. The number of carbonyl (C=O) groups excluding carboxylic acids is 1. The molecule has 0 aliphatic rings. The van der Waals surface area contributed by atoms with E-state index in [2.05, 4.69) is 31.3 Å². The van der Waals surface area contributed by atoms with Gasteiger partial charge in [-0.15, -0.1) is 0 Å². The summed E-state index contributed by atoms with van der Waals surface area (Å²) in [5, 5.41) is 6.86. The topological polar surface area (TPSA) is 69.0 Å². The van der Waals surface area contributed by atoms with Gasteiger partial charge in [-0.1, -0.05) is 6.07 Å². The van der Waals surface area contributed by atoms with Gasteiger partial charge in [0.25, 0.3) is 5.91 Å². The monoisotopic (exact) mass is 390 g/mol. The zero-order chi connectivity index (χ0) is 17.1. The molecule has 0 aliphatic carbocycles. The van der Waals surface area contributed by atoms with Crippen LogP contribution in [-0.2, 0) is 0 Å². The van der Waals surface area contributed by atoms with E-state index in [1.165, 1.54) is 23.9 Å². The Bertz CT molecular complexity index is 897. The van der Waals surface area contributed by atoms with E-state index in [1.54, 1.807) is 36.5 Å². The lowest BCUT2D eigenvalue weighted by Crippen LogP contribution is -2.14. The van der Waals surface area contributed by atoms with Gasteiger partial charge in [0.2, 0.25) is 5.88 Å². The maximum absolute atomic E-state index is 13.3. The minimum absolute atomic E-state index is 0.196. The first kappa shape index (κ1) is 16.1. The Morgan fingerprint density at radius 3 is 2.83 bits per heavy atom. The van der Waals surface area contributed by atoms with Crippen LogP contribution in [0.1, 0.15) is 10.5 Å². The number of benzene rings is 1. The lowest BCUT2D eigenvalue weighted by Gasteiger charge is -2.07. The number of halogens is 2. The third-order valence-corrected chi connectivity index (χ3v) is 3.78. The first-order valence-corrected chi connectivity index (χ1v) is 7.69. The average Bonchev–Trinajstić information content (AvgIpc) is 3.07. The van der Waals surface area contributed by atoms with Crippen LogP contribution < -0.4 is 10.1 Å². The lowest BCUT2D eigenvalue weighted by molar-refractivity contribution is 0.102. The van der Waals surface area contributed by atoms with E-state index in [0.29, 0.717) is 21.9 Å². The molecule has 8 heteroatoms. The smallest absolute Gasteiger partial charge is 0.276 e. The van der Waals surface area contributed by atoms with Gasteiger partial charge < -0.3 is 10.1 Å². The normalized spacial score (nSPS) is 10.5. The molecule has 3 aromatic rings.